The fraction of sp³-hybridized carbons (Fsp3) is 0.706. The van der Waals surface area contributed by atoms with E-state index in [0.29, 0.717) is 26.1 Å². The average Bonchev–Trinajstić information content (AvgIpc) is 3.05. The van der Waals surface area contributed by atoms with E-state index < -0.39 is 0 Å². The number of likely N-dealkylation sites (N-methyl/N-ethyl adjacent to an activating group) is 1. The van der Waals surface area contributed by atoms with Gasteiger partial charge in [-0.1, -0.05) is 0 Å². The third kappa shape index (κ3) is 3.55. The van der Waals surface area contributed by atoms with Crippen LogP contribution in [0.5, 0.6) is 0 Å². The number of rotatable bonds is 6. The summed E-state index contributed by atoms with van der Waals surface area (Å²) in [5.74, 6) is -0.303. The minimum atomic E-state index is -0.292. The van der Waals surface area contributed by atoms with Gasteiger partial charge in [0.2, 0.25) is 11.8 Å². The lowest BCUT2D eigenvalue weighted by Crippen LogP contribution is -2.58. The van der Waals surface area contributed by atoms with Gasteiger partial charge in [-0.25, -0.2) is 0 Å². The summed E-state index contributed by atoms with van der Waals surface area (Å²) < 4.78 is 6.93. The zero-order valence-electron chi connectivity index (χ0n) is 15.4. The quantitative estimate of drug-likeness (QED) is 0.796. The molecule has 0 saturated carbocycles. The molecule has 25 heavy (non-hydrogen) atoms. The van der Waals surface area contributed by atoms with Crippen molar-refractivity contribution in [3.63, 3.8) is 0 Å². The molecule has 0 spiro atoms. The second-order valence-electron chi connectivity index (χ2n) is 7.07. The van der Waals surface area contributed by atoms with Gasteiger partial charge in [0.25, 0.3) is 0 Å². The van der Waals surface area contributed by atoms with Crippen LogP contribution in [0.3, 0.4) is 0 Å². The molecular weight excluding hydrogens is 322 g/mol. The fourth-order valence-corrected chi connectivity index (χ4v) is 3.62. The first-order valence-corrected chi connectivity index (χ1v) is 8.72. The highest BCUT2D eigenvalue weighted by Gasteiger charge is 2.41. The summed E-state index contributed by atoms with van der Waals surface area (Å²) in [7, 11) is 3.69. The van der Waals surface area contributed by atoms with Crippen molar-refractivity contribution in [2.24, 2.45) is 5.92 Å². The van der Waals surface area contributed by atoms with Crippen molar-refractivity contribution in [2.75, 3.05) is 45.7 Å². The van der Waals surface area contributed by atoms with Gasteiger partial charge in [0, 0.05) is 33.2 Å². The number of anilines is 1. The van der Waals surface area contributed by atoms with Gasteiger partial charge in [-0.3, -0.25) is 14.3 Å². The minimum Gasteiger partial charge on any atom is -0.383 e. The number of nitrogens with one attached hydrogen (secondary N) is 1. The number of aromatic nitrogens is 2. The maximum atomic E-state index is 12.7. The van der Waals surface area contributed by atoms with Gasteiger partial charge in [0.1, 0.15) is 0 Å². The molecule has 1 aromatic heterocycles. The van der Waals surface area contributed by atoms with Crippen LogP contribution in [0.1, 0.15) is 17.8 Å². The predicted octanol–water partition coefficient (Wildman–Crippen LogP) is 0.247. The molecule has 1 aromatic rings. The van der Waals surface area contributed by atoms with E-state index in [1.807, 2.05) is 30.5 Å². The van der Waals surface area contributed by atoms with Crippen LogP contribution in [0, 0.1) is 19.8 Å². The van der Waals surface area contributed by atoms with Gasteiger partial charge in [-0.2, -0.15) is 5.10 Å². The van der Waals surface area contributed by atoms with Gasteiger partial charge in [-0.15, -0.1) is 0 Å². The minimum absolute atomic E-state index is 0.0856. The van der Waals surface area contributed by atoms with Crippen LogP contribution in [-0.4, -0.2) is 77.8 Å². The Morgan fingerprint density at radius 1 is 1.32 bits per heavy atom. The third-order valence-electron chi connectivity index (χ3n) is 5.15. The molecule has 138 valence electrons. The van der Waals surface area contributed by atoms with Crippen molar-refractivity contribution in [3.05, 3.63) is 11.4 Å². The number of methoxy groups -OCH3 is 1. The van der Waals surface area contributed by atoms with E-state index in [0.717, 1.165) is 30.2 Å². The Balaban J connectivity index is 1.63. The van der Waals surface area contributed by atoms with Crippen LogP contribution in [0.2, 0.25) is 0 Å². The number of carbonyl (C=O) groups is 2. The Bertz CT molecular complexity index is 665. The van der Waals surface area contributed by atoms with Gasteiger partial charge in [-0.05, 0) is 20.9 Å². The molecule has 1 unspecified atom stereocenters. The van der Waals surface area contributed by atoms with Gasteiger partial charge in [0.15, 0.2) is 0 Å². The molecule has 3 rings (SSSR count). The highest BCUT2D eigenvalue weighted by molar-refractivity contribution is 5.98. The van der Waals surface area contributed by atoms with Crippen molar-refractivity contribution in [3.8, 4) is 0 Å². The van der Waals surface area contributed by atoms with E-state index in [9.17, 15) is 9.59 Å². The van der Waals surface area contributed by atoms with Crippen LogP contribution < -0.4 is 5.32 Å². The largest absolute Gasteiger partial charge is 0.383 e. The van der Waals surface area contributed by atoms with Gasteiger partial charge < -0.3 is 19.9 Å². The zero-order chi connectivity index (χ0) is 18.1. The molecule has 8 nitrogen and oxygen atoms in total. The molecule has 2 amide bonds. The molecule has 2 aliphatic heterocycles. The number of likely N-dealkylation sites (tertiary alicyclic amines) is 2. The maximum absolute atomic E-state index is 12.7. The van der Waals surface area contributed by atoms with Crippen LogP contribution in [0.25, 0.3) is 0 Å². The lowest BCUT2D eigenvalue weighted by Gasteiger charge is -2.42. The summed E-state index contributed by atoms with van der Waals surface area (Å²) >= 11 is 0. The Hall–Kier alpha value is -1.93. The fourth-order valence-electron chi connectivity index (χ4n) is 3.62. The monoisotopic (exact) mass is 349 g/mol. The molecule has 0 bridgehead atoms. The third-order valence-corrected chi connectivity index (χ3v) is 5.15. The molecule has 0 radical (unpaired) electrons. The summed E-state index contributed by atoms with van der Waals surface area (Å²) in [6, 6.07) is 0.260. The second-order valence-corrected chi connectivity index (χ2v) is 7.07. The van der Waals surface area contributed by atoms with E-state index in [1.165, 1.54) is 0 Å². The molecule has 2 saturated heterocycles. The lowest BCUT2D eigenvalue weighted by atomic mass is 10.1. The lowest BCUT2D eigenvalue weighted by molar-refractivity contribution is -0.132. The van der Waals surface area contributed by atoms with E-state index in [-0.39, 0.29) is 23.8 Å². The number of nitrogens with zero attached hydrogens (tertiary/aromatic N) is 4. The van der Waals surface area contributed by atoms with Crippen molar-refractivity contribution in [1.29, 1.82) is 0 Å². The van der Waals surface area contributed by atoms with Crippen molar-refractivity contribution < 1.29 is 14.3 Å². The first kappa shape index (κ1) is 17.9. The normalized spacial score (nSPS) is 21.7. The summed E-state index contributed by atoms with van der Waals surface area (Å²) in [6.45, 7) is 7.32. The topological polar surface area (TPSA) is 79.7 Å². The standard InChI is InChI=1S/C17H27N5O3/c1-11-16(12(2)22(19-11)5-6-25-4)18-17(24)13-7-15(23)21(8-13)14-9-20(3)10-14/h13-14H,5-10H2,1-4H3,(H,18,24). The maximum Gasteiger partial charge on any atom is 0.229 e. The highest BCUT2D eigenvalue weighted by atomic mass is 16.5. The van der Waals surface area contributed by atoms with Gasteiger partial charge in [0.05, 0.1) is 42.2 Å². The SMILES string of the molecule is COCCn1nc(C)c(NC(=O)C2CC(=O)N(C3CN(C)C3)C2)c1C. The summed E-state index contributed by atoms with van der Waals surface area (Å²) in [4.78, 5) is 28.9. The molecular formula is C17H27N5O3. The molecule has 3 heterocycles. The first-order chi connectivity index (χ1) is 11.9. The summed E-state index contributed by atoms with van der Waals surface area (Å²) in [6.07, 6.45) is 0.294. The smallest absolute Gasteiger partial charge is 0.229 e. The Labute approximate surface area is 148 Å². The molecule has 2 aliphatic rings. The zero-order valence-corrected chi connectivity index (χ0v) is 15.4. The molecule has 1 atom stereocenters. The van der Waals surface area contributed by atoms with E-state index >= 15 is 0 Å². The van der Waals surface area contributed by atoms with Crippen molar-refractivity contribution in [2.45, 2.75) is 32.9 Å². The van der Waals surface area contributed by atoms with E-state index in [1.54, 1.807) is 7.11 Å². The number of hydrogen-bond acceptors (Lipinski definition) is 5. The van der Waals surface area contributed by atoms with Gasteiger partial charge >= 0.3 is 0 Å². The van der Waals surface area contributed by atoms with Crippen LogP contribution in [0.4, 0.5) is 5.69 Å². The molecule has 0 aromatic carbocycles. The molecule has 2 fully saturated rings. The van der Waals surface area contributed by atoms with Crippen LogP contribution >= 0.6 is 0 Å². The highest BCUT2D eigenvalue weighted by Crippen LogP contribution is 2.26. The summed E-state index contributed by atoms with van der Waals surface area (Å²) in [5.41, 5.74) is 2.43. The Morgan fingerprint density at radius 2 is 2.04 bits per heavy atom. The van der Waals surface area contributed by atoms with E-state index in [4.69, 9.17) is 4.74 Å². The average molecular weight is 349 g/mol. The van der Waals surface area contributed by atoms with Crippen LogP contribution in [0.15, 0.2) is 0 Å². The Morgan fingerprint density at radius 3 is 2.68 bits per heavy atom. The number of aryl methyl sites for hydroxylation is 1. The Kier molecular flexibility index (Phi) is 5.10. The first-order valence-electron chi connectivity index (χ1n) is 8.72. The molecule has 1 N–H and O–H groups in total. The number of hydrogen-bond donors (Lipinski definition) is 1. The number of amides is 2. The van der Waals surface area contributed by atoms with E-state index in [2.05, 4.69) is 15.3 Å². The van der Waals surface area contributed by atoms with Crippen molar-refractivity contribution in [1.82, 2.24) is 19.6 Å². The number of ether oxygens (including phenoxy) is 1. The number of carbonyl (C=O) groups excluding carboxylic acids is 2. The van der Waals surface area contributed by atoms with Crippen LogP contribution in [-0.2, 0) is 20.9 Å². The molecule has 0 aliphatic carbocycles. The summed E-state index contributed by atoms with van der Waals surface area (Å²) in [5, 5.41) is 7.44. The second kappa shape index (κ2) is 7.13. The molecule has 8 heteroatoms. The van der Waals surface area contributed by atoms with Crippen molar-refractivity contribution >= 4 is 17.5 Å². The predicted molar refractivity (Wildman–Crippen MR) is 93.3 cm³/mol.